The Hall–Kier alpha value is -3.61. The molecule has 144 valence electrons. The Balaban J connectivity index is 2.13. The molecule has 1 unspecified atom stereocenters. The number of aliphatic hydroxyl groups excluding tert-OH is 1. The predicted octanol–water partition coefficient (Wildman–Crippen LogP) is 2.59. The number of methoxy groups -OCH3 is 1. The second-order valence-electron chi connectivity index (χ2n) is 6.28. The van der Waals surface area contributed by atoms with Gasteiger partial charge in [0, 0.05) is 12.1 Å². The number of rotatable bonds is 6. The fourth-order valence-corrected chi connectivity index (χ4v) is 3.21. The number of carboxylic acids is 1. The molecular weight excluding hydrogens is 362 g/mol. The van der Waals surface area contributed by atoms with Gasteiger partial charge in [-0.05, 0) is 17.7 Å². The van der Waals surface area contributed by atoms with Crippen LogP contribution in [0.15, 0.2) is 60.2 Å². The van der Waals surface area contributed by atoms with E-state index in [0.29, 0.717) is 16.9 Å². The first kappa shape index (κ1) is 19.2. The number of carbonyl (C=O) groups is 3. The molecule has 1 aliphatic rings. The van der Waals surface area contributed by atoms with Gasteiger partial charge in [-0.3, -0.25) is 14.4 Å². The van der Waals surface area contributed by atoms with Crippen LogP contribution in [-0.2, 0) is 14.4 Å². The van der Waals surface area contributed by atoms with Crippen molar-refractivity contribution in [1.82, 2.24) is 4.90 Å². The van der Waals surface area contributed by atoms with Crippen LogP contribution in [-0.4, -0.2) is 46.4 Å². The van der Waals surface area contributed by atoms with Gasteiger partial charge < -0.3 is 19.8 Å². The Morgan fingerprint density at radius 2 is 1.68 bits per heavy atom. The van der Waals surface area contributed by atoms with Crippen molar-refractivity contribution < 1.29 is 29.3 Å². The lowest BCUT2D eigenvalue weighted by Gasteiger charge is -2.24. The van der Waals surface area contributed by atoms with Crippen molar-refractivity contribution in [3.8, 4) is 5.75 Å². The number of likely N-dealkylation sites (tertiary alicyclic amines) is 1. The van der Waals surface area contributed by atoms with Crippen molar-refractivity contribution in [2.24, 2.45) is 0 Å². The number of carbonyl (C=O) groups excluding carboxylic acids is 2. The summed E-state index contributed by atoms with van der Waals surface area (Å²) in [5.74, 6) is -2.46. The molecule has 0 bridgehead atoms. The van der Waals surface area contributed by atoms with E-state index in [2.05, 4.69) is 0 Å². The van der Waals surface area contributed by atoms with E-state index in [1.165, 1.54) is 12.0 Å². The highest BCUT2D eigenvalue weighted by atomic mass is 16.5. The Bertz CT molecular complexity index is 933. The van der Waals surface area contributed by atoms with Gasteiger partial charge in [0.05, 0.1) is 25.1 Å². The van der Waals surface area contributed by atoms with E-state index in [-0.39, 0.29) is 24.3 Å². The number of ketones is 1. The number of hydrogen-bond acceptors (Lipinski definition) is 5. The zero-order valence-corrected chi connectivity index (χ0v) is 15.2. The molecule has 1 atom stereocenters. The minimum absolute atomic E-state index is 0.0632. The predicted molar refractivity (Wildman–Crippen MR) is 101 cm³/mol. The summed E-state index contributed by atoms with van der Waals surface area (Å²) in [6.45, 7) is -0.151. The lowest BCUT2D eigenvalue weighted by atomic mass is 9.95. The largest absolute Gasteiger partial charge is 0.507 e. The first-order valence-electron chi connectivity index (χ1n) is 8.63. The first-order valence-corrected chi connectivity index (χ1v) is 8.63. The number of hydrogen-bond donors (Lipinski definition) is 2. The van der Waals surface area contributed by atoms with Gasteiger partial charge in [0.2, 0.25) is 0 Å². The fourth-order valence-electron chi connectivity index (χ4n) is 3.21. The molecule has 0 spiro atoms. The molecule has 2 aromatic carbocycles. The number of aliphatic hydroxyl groups is 1. The second kappa shape index (κ2) is 7.96. The Kier molecular flexibility index (Phi) is 5.44. The highest BCUT2D eigenvalue weighted by Gasteiger charge is 2.46. The number of nitrogens with zero attached hydrogens (tertiary/aromatic N) is 1. The number of aliphatic carboxylic acids is 1. The summed E-state index contributed by atoms with van der Waals surface area (Å²) >= 11 is 0. The van der Waals surface area contributed by atoms with Crippen molar-refractivity contribution in [3.63, 3.8) is 0 Å². The number of benzene rings is 2. The molecule has 2 aromatic rings. The van der Waals surface area contributed by atoms with Gasteiger partial charge in [-0.1, -0.05) is 42.5 Å². The van der Waals surface area contributed by atoms with Gasteiger partial charge in [0.15, 0.2) is 0 Å². The number of ether oxygens (including phenoxy) is 1. The first-order chi connectivity index (χ1) is 13.4. The molecule has 7 heteroatoms. The lowest BCUT2D eigenvalue weighted by molar-refractivity contribution is -0.142. The van der Waals surface area contributed by atoms with E-state index in [1.807, 2.05) is 0 Å². The van der Waals surface area contributed by atoms with Gasteiger partial charge in [-0.15, -0.1) is 0 Å². The summed E-state index contributed by atoms with van der Waals surface area (Å²) in [7, 11) is 1.52. The van der Waals surface area contributed by atoms with Crippen LogP contribution in [0.4, 0.5) is 0 Å². The zero-order valence-electron chi connectivity index (χ0n) is 15.2. The highest BCUT2D eigenvalue weighted by Crippen LogP contribution is 2.39. The number of Topliss-reactive ketones (excluding diaryl/α,β-unsaturated/α-hetero) is 1. The van der Waals surface area contributed by atoms with E-state index < -0.39 is 23.7 Å². The molecule has 0 saturated carbocycles. The molecule has 0 radical (unpaired) electrons. The van der Waals surface area contributed by atoms with Crippen molar-refractivity contribution in [1.29, 1.82) is 0 Å². The van der Waals surface area contributed by atoms with Crippen LogP contribution in [0, 0.1) is 0 Å². The maximum absolute atomic E-state index is 12.7. The van der Waals surface area contributed by atoms with Crippen LogP contribution in [0.2, 0.25) is 0 Å². The quantitative estimate of drug-likeness (QED) is 0.453. The van der Waals surface area contributed by atoms with Crippen molar-refractivity contribution in [2.45, 2.75) is 12.5 Å². The summed E-state index contributed by atoms with van der Waals surface area (Å²) in [6, 6.07) is 14.3. The molecule has 0 aromatic heterocycles. The van der Waals surface area contributed by atoms with Crippen LogP contribution in [0.1, 0.15) is 23.6 Å². The van der Waals surface area contributed by atoms with Crippen LogP contribution in [0.5, 0.6) is 5.75 Å². The van der Waals surface area contributed by atoms with Crippen molar-refractivity contribution in [2.75, 3.05) is 13.7 Å². The molecule has 7 nitrogen and oxygen atoms in total. The molecule has 1 amide bonds. The number of carboxylic acid groups (broad SMARTS) is 1. The minimum atomic E-state index is -1.08. The summed E-state index contributed by atoms with van der Waals surface area (Å²) in [6.07, 6.45) is -0.314. The maximum Gasteiger partial charge on any atom is 0.305 e. The SMILES string of the molecule is COc1ccc(C2C(=C(O)c3ccccc3)C(=O)C(=O)N2CCC(=O)O)cc1. The third-order valence-electron chi connectivity index (χ3n) is 4.59. The van der Waals surface area contributed by atoms with Gasteiger partial charge in [-0.2, -0.15) is 0 Å². The topological polar surface area (TPSA) is 104 Å². The van der Waals surface area contributed by atoms with Gasteiger partial charge in [0.1, 0.15) is 11.5 Å². The van der Waals surface area contributed by atoms with Crippen LogP contribution < -0.4 is 4.74 Å². The Morgan fingerprint density at radius 1 is 1.04 bits per heavy atom. The fraction of sp³-hybridized carbons (Fsp3) is 0.190. The summed E-state index contributed by atoms with van der Waals surface area (Å²) in [4.78, 5) is 37.5. The molecule has 3 rings (SSSR count). The molecular formula is C21H19NO6. The van der Waals surface area contributed by atoms with Crippen LogP contribution in [0.25, 0.3) is 5.76 Å². The molecule has 2 N–H and O–H groups in total. The molecule has 1 heterocycles. The molecule has 28 heavy (non-hydrogen) atoms. The van der Waals surface area contributed by atoms with E-state index in [0.717, 1.165) is 0 Å². The Morgan fingerprint density at radius 3 is 2.25 bits per heavy atom. The van der Waals surface area contributed by atoms with E-state index in [1.54, 1.807) is 54.6 Å². The zero-order chi connectivity index (χ0) is 20.3. The average Bonchev–Trinajstić information content (AvgIpc) is 2.97. The third-order valence-corrected chi connectivity index (χ3v) is 4.59. The lowest BCUT2D eigenvalue weighted by Crippen LogP contribution is -2.31. The minimum Gasteiger partial charge on any atom is -0.507 e. The Labute approximate surface area is 161 Å². The smallest absolute Gasteiger partial charge is 0.305 e. The van der Waals surface area contributed by atoms with Crippen LogP contribution in [0.3, 0.4) is 0 Å². The van der Waals surface area contributed by atoms with Gasteiger partial charge in [0.25, 0.3) is 11.7 Å². The standard InChI is InChI=1S/C21H19NO6/c1-28-15-9-7-13(8-10-15)18-17(19(25)14-5-3-2-4-6-14)20(26)21(27)22(18)12-11-16(23)24/h2-10,18,25H,11-12H2,1H3,(H,23,24). The highest BCUT2D eigenvalue weighted by molar-refractivity contribution is 6.46. The van der Waals surface area contributed by atoms with Crippen LogP contribution >= 0.6 is 0 Å². The molecule has 0 aliphatic carbocycles. The third kappa shape index (κ3) is 3.59. The normalized spacial score (nSPS) is 18.3. The van der Waals surface area contributed by atoms with E-state index in [9.17, 15) is 19.5 Å². The summed E-state index contributed by atoms with van der Waals surface area (Å²) in [5, 5.41) is 19.8. The summed E-state index contributed by atoms with van der Waals surface area (Å²) < 4.78 is 5.14. The van der Waals surface area contributed by atoms with Gasteiger partial charge in [-0.25, -0.2) is 0 Å². The van der Waals surface area contributed by atoms with Gasteiger partial charge >= 0.3 is 5.97 Å². The number of amides is 1. The maximum atomic E-state index is 12.7. The van der Waals surface area contributed by atoms with E-state index in [4.69, 9.17) is 9.84 Å². The summed E-state index contributed by atoms with van der Waals surface area (Å²) in [5.41, 5.74) is 0.909. The van der Waals surface area contributed by atoms with E-state index >= 15 is 0 Å². The monoisotopic (exact) mass is 381 g/mol. The molecule has 1 aliphatic heterocycles. The van der Waals surface area contributed by atoms with Crippen molar-refractivity contribution >= 4 is 23.4 Å². The average molecular weight is 381 g/mol. The molecule has 1 fully saturated rings. The molecule has 1 saturated heterocycles. The van der Waals surface area contributed by atoms with Crippen molar-refractivity contribution in [3.05, 3.63) is 71.3 Å². The second-order valence-corrected chi connectivity index (χ2v) is 6.28.